The summed E-state index contributed by atoms with van der Waals surface area (Å²) in [7, 11) is 0. The normalized spacial score (nSPS) is 13.0. The number of nitrogens with two attached hydrogens (primary N) is 1. The lowest BCUT2D eigenvalue weighted by Crippen LogP contribution is -2.53. The highest BCUT2D eigenvalue weighted by molar-refractivity contribution is 5.92. The summed E-state index contributed by atoms with van der Waals surface area (Å²) >= 11 is 0. The van der Waals surface area contributed by atoms with Crippen molar-refractivity contribution >= 4 is 18.3 Å². The molecular weight excluding hydrogens is 371 g/mol. The maximum Gasteiger partial charge on any atom is 0.276 e. The fourth-order valence-corrected chi connectivity index (χ4v) is 2.99. The van der Waals surface area contributed by atoms with Crippen molar-refractivity contribution in [2.45, 2.75) is 39.7 Å². The minimum atomic E-state index is -0.660. The topological polar surface area (TPSA) is 90.0 Å². The Balaban J connectivity index is 0.00000364. The summed E-state index contributed by atoms with van der Waals surface area (Å²) in [6, 6.07) is 7.32. The van der Waals surface area contributed by atoms with E-state index in [1.165, 1.54) is 22.9 Å². The van der Waals surface area contributed by atoms with Crippen LogP contribution in [0.15, 0.2) is 35.1 Å². The fraction of sp³-hybridized carbons (Fsp3) is 0.421. The first-order chi connectivity index (χ1) is 12.2. The lowest BCUT2D eigenvalue weighted by Gasteiger charge is -2.31. The number of benzene rings is 1. The predicted molar refractivity (Wildman–Crippen MR) is 106 cm³/mol. The van der Waals surface area contributed by atoms with Crippen molar-refractivity contribution in [3.05, 3.63) is 57.8 Å². The molecule has 0 aliphatic heterocycles. The molecular formula is C19H26ClFN4O2. The molecule has 3 N–H and O–H groups in total. The molecule has 148 valence electrons. The monoisotopic (exact) mass is 396 g/mol. The van der Waals surface area contributed by atoms with Crippen LogP contribution in [-0.4, -0.2) is 27.8 Å². The Morgan fingerprint density at radius 1 is 1.37 bits per heavy atom. The summed E-state index contributed by atoms with van der Waals surface area (Å²) < 4.78 is 15.4. The number of carbonyl (C=O) groups is 1. The molecule has 8 heteroatoms. The molecule has 1 aromatic carbocycles. The second-order valence-electron chi connectivity index (χ2n) is 7.18. The van der Waals surface area contributed by atoms with Crippen LogP contribution in [0.3, 0.4) is 0 Å². The predicted octanol–water partition coefficient (Wildman–Crippen LogP) is 2.60. The molecule has 0 spiro atoms. The van der Waals surface area contributed by atoms with Crippen LogP contribution in [0.25, 0.3) is 5.69 Å². The fourth-order valence-electron chi connectivity index (χ4n) is 2.99. The van der Waals surface area contributed by atoms with E-state index in [1.807, 2.05) is 20.8 Å². The molecule has 2 rings (SSSR count). The Morgan fingerprint density at radius 2 is 2.00 bits per heavy atom. The van der Waals surface area contributed by atoms with Crippen molar-refractivity contribution in [1.82, 2.24) is 15.1 Å². The van der Waals surface area contributed by atoms with Crippen molar-refractivity contribution in [2.75, 3.05) is 6.54 Å². The Morgan fingerprint density at radius 3 is 2.56 bits per heavy atom. The zero-order chi connectivity index (χ0) is 19.5. The van der Waals surface area contributed by atoms with E-state index >= 15 is 0 Å². The number of para-hydroxylation sites is 1. The molecule has 2 aromatic rings. The number of nitrogens with one attached hydrogen (secondary N) is 1. The van der Waals surface area contributed by atoms with Gasteiger partial charge in [-0.05, 0) is 38.3 Å². The standard InChI is InChI=1S/C19H25FN4O2.ClH/c1-12(2)10-19(4,11-21)22-18(26)17-16(25)9-13(3)24(23-17)15-8-6-5-7-14(15)20;/h5-9,12H,10-11,21H2,1-4H3,(H,22,26);1H. The summed E-state index contributed by atoms with van der Waals surface area (Å²) in [5.41, 5.74) is 4.95. The minimum absolute atomic E-state index is 0. The number of carbonyl (C=O) groups excluding carboxylic acids is 1. The summed E-state index contributed by atoms with van der Waals surface area (Å²) in [6.45, 7) is 7.73. The zero-order valence-corrected chi connectivity index (χ0v) is 16.8. The third-order valence-electron chi connectivity index (χ3n) is 4.13. The smallest absolute Gasteiger partial charge is 0.276 e. The Labute approximate surface area is 164 Å². The van der Waals surface area contributed by atoms with E-state index in [1.54, 1.807) is 19.1 Å². The molecule has 0 saturated carbocycles. The molecule has 1 aromatic heterocycles. The van der Waals surface area contributed by atoms with Crippen molar-refractivity contribution in [2.24, 2.45) is 11.7 Å². The van der Waals surface area contributed by atoms with E-state index in [-0.39, 0.29) is 30.3 Å². The summed E-state index contributed by atoms with van der Waals surface area (Å²) in [6.07, 6.45) is 0.655. The molecule has 1 atom stereocenters. The van der Waals surface area contributed by atoms with Gasteiger partial charge in [0.2, 0.25) is 5.43 Å². The maximum absolute atomic E-state index is 14.1. The lowest BCUT2D eigenvalue weighted by atomic mass is 9.90. The van der Waals surface area contributed by atoms with Gasteiger partial charge in [-0.3, -0.25) is 9.59 Å². The van der Waals surface area contributed by atoms with Gasteiger partial charge in [-0.25, -0.2) is 9.07 Å². The summed E-state index contributed by atoms with van der Waals surface area (Å²) in [5.74, 6) is -0.802. The number of rotatable bonds is 6. The van der Waals surface area contributed by atoms with Crippen LogP contribution < -0.4 is 16.5 Å². The van der Waals surface area contributed by atoms with Crippen LogP contribution in [0, 0.1) is 18.7 Å². The van der Waals surface area contributed by atoms with Crippen LogP contribution in [0.1, 0.15) is 43.4 Å². The summed E-state index contributed by atoms with van der Waals surface area (Å²) in [4.78, 5) is 24.9. The van der Waals surface area contributed by atoms with E-state index in [0.717, 1.165) is 0 Å². The third kappa shape index (κ3) is 5.37. The van der Waals surface area contributed by atoms with Crippen LogP contribution in [-0.2, 0) is 0 Å². The highest BCUT2D eigenvalue weighted by atomic mass is 35.5. The molecule has 0 fully saturated rings. The Hall–Kier alpha value is -2.25. The molecule has 0 saturated heterocycles. The van der Waals surface area contributed by atoms with E-state index in [4.69, 9.17) is 5.73 Å². The van der Waals surface area contributed by atoms with Crippen LogP contribution in [0.4, 0.5) is 4.39 Å². The summed E-state index contributed by atoms with van der Waals surface area (Å²) in [5, 5.41) is 6.92. The molecule has 6 nitrogen and oxygen atoms in total. The molecule has 0 bridgehead atoms. The van der Waals surface area contributed by atoms with Gasteiger partial charge in [0.25, 0.3) is 5.91 Å². The molecule has 1 unspecified atom stereocenters. The third-order valence-corrected chi connectivity index (χ3v) is 4.13. The number of hydrogen-bond acceptors (Lipinski definition) is 4. The van der Waals surface area contributed by atoms with E-state index in [9.17, 15) is 14.0 Å². The van der Waals surface area contributed by atoms with Crippen molar-refractivity contribution in [3.8, 4) is 5.69 Å². The van der Waals surface area contributed by atoms with Gasteiger partial charge in [0, 0.05) is 18.3 Å². The van der Waals surface area contributed by atoms with Crippen LogP contribution >= 0.6 is 12.4 Å². The maximum atomic E-state index is 14.1. The molecule has 0 radical (unpaired) electrons. The second-order valence-corrected chi connectivity index (χ2v) is 7.18. The number of halogens is 2. The number of nitrogens with zero attached hydrogens (tertiary/aromatic N) is 2. The van der Waals surface area contributed by atoms with Crippen molar-refractivity contribution < 1.29 is 9.18 Å². The van der Waals surface area contributed by atoms with E-state index in [2.05, 4.69) is 10.4 Å². The van der Waals surface area contributed by atoms with Crippen LogP contribution in [0.2, 0.25) is 0 Å². The number of aryl methyl sites for hydroxylation is 1. The van der Waals surface area contributed by atoms with E-state index < -0.39 is 22.7 Å². The highest BCUT2D eigenvalue weighted by Crippen LogP contribution is 2.16. The van der Waals surface area contributed by atoms with Crippen molar-refractivity contribution in [3.63, 3.8) is 0 Å². The molecule has 1 amide bonds. The number of aromatic nitrogens is 2. The van der Waals surface area contributed by atoms with Gasteiger partial charge in [-0.15, -0.1) is 12.4 Å². The average molecular weight is 397 g/mol. The van der Waals surface area contributed by atoms with Gasteiger partial charge < -0.3 is 11.1 Å². The Bertz CT molecular complexity index is 869. The Kier molecular flexibility index (Phi) is 7.68. The quantitative estimate of drug-likeness (QED) is 0.785. The number of amides is 1. The van der Waals surface area contributed by atoms with Gasteiger partial charge >= 0.3 is 0 Å². The average Bonchev–Trinajstić information content (AvgIpc) is 2.55. The van der Waals surface area contributed by atoms with Crippen LogP contribution in [0.5, 0.6) is 0 Å². The molecule has 0 aliphatic rings. The number of hydrogen-bond donors (Lipinski definition) is 2. The second kappa shape index (κ2) is 9.10. The van der Waals surface area contributed by atoms with Gasteiger partial charge in [0.1, 0.15) is 11.5 Å². The van der Waals surface area contributed by atoms with Gasteiger partial charge in [0.05, 0.1) is 5.54 Å². The largest absolute Gasteiger partial charge is 0.344 e. The molecule has 0 aliphatic carbocycles. The van der Waals surface area contributed by atoms with E-state index in [0.29, 0.717) is 18.0 Å². The zero-order valence-electron chi connectivity index (χ0n) is 16.0. The van der Waals surface area contributed by atoms with Crippen molar-refractivity contribution in [1.29, 1.82) is 0 Å². The first-order valence-corrected chi connectivity index (χ1v) is 8.55. The molecule has 27 heavy (non-hydrogen) atoms. The minimum Gasteiger partial charge on any atom is -0.344 e. The molecule has 1 heterocycles. The first-order valence-electron chi connectivity index (χ1n) is 8.55. The van der Waals surface area contributed by atoms with Gasteiger partial charge in [-0.1, -0.05) is 26.0 Å². The SMILES string of the molecule is Cc1cc(=O)c(C(=O)NC(C)(CN)CC(C)C)nn1-c1ccccc1F.Cl. The van der Waals surface area contributed by atoms with Gasteiger partial charge in [-0.2, -0.15) is 5.10 Å². The van der Waals surface area contributed by atoms with Gasteiger partial charge in [0.15, 0.2) is 5.69 Å². The first kappa shape index (κ1) is 22.8. The highest BCUT2D eigenvalue weighted by Gasteiger charge is 2.28. The lowest BCUT2D eigenvalue weighted by molar-refractivity contribution is 0.0890.